The van der Waals surface area contributed by atoms with Crippen LogP contribution in [0.15, 0.2) is 29.5 Å². The van der Waals surface area contributed by atoms with E-state index >= 15 is 8.78 Å². The molecule has 0 atom stereocenters. The van der Waals surface area contributed by atoms with E-state index in [9.17, 15) is 14.9 Å². The van der Waals surface area contributed by atoms with Crippen LogP contribution in [-0.2, 0) is 0 Å². The van der Waals surface area contributed by atoms with Gasteiger partial charge in [-0.3, -0.25) is 4.79 Å². The highest BCUT2D eigenvalue weighted by Crippen LogP contribution is 2.40. The number of piperidine rings is 1. The van der Waals surface area contributed by atoms with Crippen LogP contribution in [0.25, 0.3) is 0 Å². The molecule has 0 radical (unpaired) electrons. The number of hydrogen-bond acceptors (Lipinski definition) is 9. The number of likely N-dealkylation sites (tertiary alicyclic amines) is 1. The standard InChI is InChI=1S/C27H35F2N9O4/c1-35-12-10-18(11-13-35)31-24(39)17-8-9-20(22(14-17)42-3)32-26-30-15-21-23(33-26)37(19-6-4-5-7-19)16-27(28,29)25(36(21)2)34-38(40)41/h8-9,14-15,18-19H,4-7,10-13,16H2,1-3H3,(H,31,39)(H,30,32,33)/b34-25-. The Balaban J connectivity index is 1.43. The van der Waals surface area contributed by atoms with Crippen LogP contribution >= 0.6 is 0 Å². The molecule has 1 aromatic heterocycles. The van der Waals surface area contributed by atoms with Crippen molar-refractivity contribution in [3.05, 3.63) is 40.1 Å². The lowest BCUT2D eigenvalue weighted by atomic mass is 10.0. The second-order valence-corrected chi connectivity index (χ2v) is 11.0. The Bertz CT molecular complexity index is 1360. The molecule has 0 spiro atoms. The van der Waals surface area contributed by atoms with Gasteiger partial charge in [0.25, 0.3) is 11.7 Å². The zero-order valence-electron chi connectivity index (χ0n) is 23.8. The molecule has 1 saturated carbocycles. The maximum absolute atomic E-state index is 15.4. The summed E-state index contributed by atoms with van der Waals surface area (Å²) in [6.07, 6.45) is 6.28. The lowest BCUT2D eigenvalue weighted by Gasteiger charge is -2.31. The average Bonchev–Trinajstić information content (AvgIpc) is 3.48. The summed E-state index contributed by atoms with van der Waals surface area (Å²) < 4.78 is 36.3. The molecule has 226 valence electrons. The third-order valence-corrected chi connectivity index (χ3v) is 8.10. The van der Waals surface area contributed by atoms with Crippen LogP contribution in [-0.4, -0.2) is 90.5 Å². The number of nitrogens with zero attached hydrogens (tertiary/aromatic N) is 7. The normalized spacial score (nSPS) is 20.7. The van der Waals surface area contributed by atoms with Crippen LogP contribution in [0.3, 0.4) is 0 Å². The van der Waals surface area contributed by atoms with Crippen molar-refractivity contribution in [3.8, 4) is 5.75 Å². The van der Waals surface area contributed by atoms with Gasteiger partial charge in [-0.25, -0.2) is 15.1 Å². The van der Waals surface area contributed by atoms with Crippen molar-refractivity contribution in [2.75, 3.05) is 56.0 Å². The summed E-state index contributed by atoms with van der Waals surface area (Å²) in [5.74, 6) is -4.06. The molecule has 1 amide bonds. The molecular formula is C27H35F2N9O4. The smallest absolute Gasteiger partial charge is 0.328 e. The summed E-state index contributed by atoms with van der Waals surface area (Å²) >= 11 is 0. The molecule has 1 aliphatic carbocycles. The van der Waals surface area contributed by atoms with E-state index in [-0.39, 0.29) is 35.4 Å². The Morgan fingerprint density at radius 2 is 1.90 bits per heavy atom. The summed E-state index contributed by atoms with van der Waals surface area (Å²) in [6, 6.07) is 4.86. The van der Waals surface area contributed by atoms with Crippen LogP contribution in [0.4, 0.5) is 31.9 Å². The number of hydrogen-bond donors (Lipinski definition) is 2. The van der Waals surface area contributed by atoms with E-state index in [0.29, 0.717) is 29.8 Å². The summed E-state index contributed by atoms with van der Waals surface area (Å²) in [4.78, 5) is 37.7. The third-order valence-electron chi connectivity index (χ3n) is 8.10. The van der Waals surface area contributed by atoms with Gasteiger partial charge in [-0.05, 0) is 64.0 Å². The van der Waals surface area contributed by atoms with Gasteiger partial charge < -0.3 is 30.1 Å². The zero-order chi connectivity index (χ0) is 30.0. The molecule has 3 aliphatic rings. The first kappa shape index (κ1) is 29.4. The highest BCUT2D eigenvalue weighted by Gasteiger charge is 2.49. The number of rotatable bonds is 7. The van der Waals surface area contributed by atoms with Crippen molar-refractivity contribution < 1.29 is 23.3 Å². The zero-order valence-corrected chi connectivity index (χ0v) is 23.8. The van der Waals surface area contributed by atoms with Gasteiger partial charge in [-0.15, -0.1) is 0 Å². The summed E-state index contributed by atoms with van der Waals surface area (Å²) in [5, 5.41) is 19.2. The fraction of sp³-hybridized carbons (Fsp3) is 0.556. The van der Waals surface area contributed by atoms with Crippen LogP contribution in [0.5, 0.6) is 5.75 Å². The van der Waals surface area contributed by atoms with Crippen molar-refractivity contribution >= 4 is 34.9 Å². The summed E-state index contributed by atoms with van der Waals surface area (Å²) in [5.41, 5.74) is 1.09. The maximum atomic E-state index is 15.4. The lowest BCUT2D eigenvalue weighted by molar-refractivity contribution is -0.485. The lowest BCUT2D eigenvalue weighted by Crippen LogP contribution is -2.48. The Hall–Kier alpha value is -4.14. The van der Waals surface area contributed by atoms with Crippen LogP contribution in [0, 0.1) is 10.1 Å². The molecule has 3 heterocycles. The number of nitrogens with one attached hydrogen (secondary N) is 2. The maximum Gasteiger partial charge on any atom is 0.328 e. The molecule has 15 heteroatoms. The first-order valence-corrected chi connectivity index (χ1v) is 14.0. The summed E-state index contributed by atoms with van der Waals surface area (Å²) in [6.45, 7) is 1.04. The van der Waals surface area contributed by atoms with Crippen molar-refractivity contribution in [1.29, 1.82) is 0 Å². The number of halogens is 2. The highest BCUT2D eigenvalue weighted by atomic mass is 19.3. The molecule has 1 saturated heterocycles. The molecule has 2 N–H and O–H groups in total. The van der Waals surface area contributed by atoms with Gasteiger partial charge in [0.15, 0.2) is 10.9 Å². The number of ether oxygens (including phenoxy) is 1. The molecule has 2 aromatic rings. The Morgan fingerprint density at radius 3 is 2.57 bits per heavy atom. The number of hydrazone groups is 1. The average molecular weight is 588 g/mol. The van der Waals surface area contributed by atoms with E-state index in [1.54, 1.807) is 18.2 Å². The molecule has 2 fully saturated rings. The minimum atomic E-state index is -3.61. The van der Waals surface area contributed by atoms with Crippen LogP contribution in [0.2, 0.25) is 0 Å². The van der Waals surface area contributed by atoms with E-state index in [1.807, 2.05) is 0 Å². The fourth-order valence-electron chi connectivity index (χ4n) is 5.81. The summed E-state index contributed by atoms with van der Waals surface area (Å²) in [7, 11) is 4.83. The first-order chi connectivity index (χ1) is 20.1. The minimum absolute atomic E-state index is 0.106. The fourth-order valence-corrected chi connectivity index (χ4v) is 5.81. The van der Waals surface area contributed by atoms with Gasteiger partial charge in [0.05, 0.1) is 30.6 Å². The van der Waals surface area contributed by atoms with E-state index in [1.165, 1.54) is 25.3 Å². The number of amides is 1. The van der Waals surface area contributed by atoms with Gasteiger partial charge in [0.1, 0.15) is 11.4 Å². The number of methoxy groups -OCH3 is 1. The number of nitro groups is 1. The second kappa shape index (κ2) is 12.0. The number of amidine groups is 1. The van der Waals surface area contributed by atoms with Gasteiger partial charge in [-0.2, -0.15) is 13.8 Å². The SMILES string of the molecule is COc1cc(C(=O)NC2CCN(C)CC2)ccc1Nc1ncc2c(n1)N(C1CCCC1)CC(F)(F)/C(=N/[N+](=O)[O-])N2C. The number of fused-ring (bicyclic) bond motifs is 1. The molecule has 0 bridgehead atoms. The number of aromatic nitrogens is 2. The van der Waals surface area contributed by atoms with E-state index in [4.69, 9.17) is 4.74 Å². The predicted molar refractivity (Wildman–Crippen MR) is 154 cm³/mol. The minimum Gasteiger partial charge on any atom is -0.495 e. The first-order valence-electron chi connectivity index (χ1n) is 14.0. The van der Waals surface area contributed by atoms with Crippen molar-refractivity contribution in [2.45, 2.75) is 56.5 Å². The second-order valence-electron chi connectivity index (χ2n) is 11.0. The highest BCUT2D eigenvalue weighted by molar-refractivity contribution is 6.05. The number of benzene rings is 1. The monoisotopic (exact) mass is 587 g/mol. The number of anilines is 4. The molecule has 2 aliphatic heterocycles. The van der Waals surface area contributed by atoms with E-state index < -0.39 is 23.3 Å². The molecule has 1 aromatic carbocycles. The van der Waals surface area contributed by atoms with E-state index in [0.717, 1.165) is 43.7 Å². The van der Waals surface area contributed by atoms with Crippen LogP contribution in [0.1, 0.15) is 48.9 Å². The predicted octanol–water partition coefficient (Wildman–Crippen LogP) is 3.48. The molecule has 13 nitrogen and oxygen atoms in total. The Labute approximate surface area is 242 Å². The van der Waals surface area contributed by atoms with Gasteiger partial charge in [-0.1, -0.05) is 12.8 Å². The topological polar surface area (TPSA) is 141 Å². The van der Waals surface area contributed by atoms with Gasteiger partial charge >= 0.3 is 5.92 Å². The van der Waals surface area contributed by atoms with Crippen molar-refractivity contribution in [2.24, 2.45) is 5.10 Å². The van der Waals surface area contributed by atoms with Crippen molar-refractivity contribution in [1.82, 2.24) is 20.2 Å². The van der Waals surface area contributed by atoms with Gasteiger partial charge in [0.2, 0.25) is 5.95 Å². The third kappa shape index (κ3) is 6.20. The number of carbonyl (C=O) groups is 1. The van der Waals surface area contributed by atoms with Gasteiger partial charge in [0, 0.05) is 24.7 Å². The quantitative estimate of drug-likeness (QED) is 0.365. The van der Waals surface area contributed by atoms with Crippen LogP contribution < -0.4 is 25.2 Å². The molecule has 5 rings (SSSR count). The molecule has 0 unspecified atom stereocenters. The van der Waals surface area contributed by atoms with E-state index in [2.05, 4.69) is 37.7 Å². The Kier molecular flexibility index (Phi) is 8.38. The molecular weight excluding hydrogens is 552 g/mol. The largest absolute Gasteiger partial charge is 0.495 e. The number of alkyl halides is 2. The van der Waals surface area contributed by atoms with Crippen molar-refractivity contribution in [3.63, 3.8) is 0 Å². The number of carbonyl (C=O) groups excluding carboxylic acids is 1. The Morgan fingerprint density at radius 1 is 1.19 bits per heavy atom. The molecule has 42 heavy (non-hydrogen) atoms.